The molecule has 0 saturated carbocycles. The van der Waals surface area contributed by atoms with Crippen LogP contribution in [0.15, 0.2) is 33.8 Å². The summed E-state index contributed by atoms with van der Waals surface area (Å²) in [7, 11) is 1.80. The van der Waals surface area contributed by atoms with Gasteiger partial charge in [0.25, 0.3) is 0 Å². The van der Waals surface area contributed by atoms with Crippen LogP contribution in [0.25, 0.3) is 0 Å². The summed E-state index contributed by atoms with van der Waals surface area (Å²) in [5.41, 5.74) is 4.83. The molecule has 0 aliphatic carbocycles. The van der Waals surface area contributed by atoms with Crippen LogP contribution >= 0.6 is 24.0 Å². The van der Waals surface area contributed by atoms with Crippen molar-refractivity contribution in [2.45, 2.75) is 66.1 Å². The lowest BCUT2D eigenvalue weighted by Gasteiger charge is -2.30. The number of aromatic nitrogens is 1. The van der Waals surface area contributed by atoms with Crippen molar-refractivity contribution in [3.05, 3.63) is 52.4 Å². The highest BCUT2D eigenvalue weighted by molar-refractivity contribution is 14.0. The first-order valence-electron chi connectivity index (χ1n) is 11.3. The van der Waals surface area contributed by atoms with Gasteiger partial charge in [0.15, 0.2) is 5.96 Å². The Bertz CT molecular complexity index is 806. The van der Waals surface area contributed by atoms with Crippen LogP contribution in [0.5, 0.6) is 0 Å². The predicted octanol–water partition coefficient (Wildman–Crippen LogP) is 4.51. The van der Waals surface area contributed by atoms with E-state index in [2.05, 4.69) is 70.7 Å². The summed E-state index contributed by atoms with van der Waals surface area (Å²) < 4.78 is 5.46. The zero-order valence-corrected chi connectivity index (χ0v) is 21.7. The van der Waals surface area contributed by atoms with Crippen LogP contribution in [0.4, 0.5) is 0 Å². The zero-order chi connectivity index (χ0) is 21.3. The molecule has 1 aromatic heterocycles. The van der Waals surface area contributed by atoms with E-state index < -0.39 is 0 Å². The summed E-state index contributed by atoms with van der Waals surface area (Å²) in [6.45, 7) is 11.4. The highest BCUT2D eigenvalue weighted by Crippen LogP contribution is 2.19. The smallest absolute Gasteiger partial charge is 0.191 e. The van der Waals surface area contributed by atoms with Crippen LogP contribution in [0.2, 0.25) is 0 Å². The SMILES string of the molecule is CCc1noc(CC)c1CNC(=NC)NCc1cccc(CN2CCC(C)CC2)c1.I. The summed E-state index contributed by atoms with van der Waals surface area (Å²) >= 11 is 0. The van der Waals surface area contributed by atoms with Crippen molar-refractivity contribution in [1.82, 2.24) is 20.7 Å². The van der Waals surface area contributed by atoms with Crippen LogP contribution in [0.3, 0.4) is 0 Å². The normalized spacial score (nSPS) is 15.5. The Hall–Kier alpha value is -1.61. The van der Waals surface area contributed by atoms with Gasteiger partial charge < -0.3 is 15.2 Å². The Morgan fingerprint density at radius 3 is 2.52 bits per heavy atom. The Morgan fingerprint density at radius 1 is 1.13 bits per heavy atom. The average Bonchev–Trinajstić information content (AvgIpc) is 3.18. The largest absolute Gasteiger partial charge is 0.361 e. The second kappa shape index (κ2) is 13.1. The van der Waals surface area contributed by atoms with Crippen molar-refractivity contribution in [3.63, 3.8) is 0 Å². The molecule has 1 fully saturated rings. The minimum Gasteiger partial charge on any atom is -0.361 e. The van der Waals surface area contributed by atoms with E-state index in [1.807, 2.05) is 0 Å². The van der Waals surface area contributed by atoms with Crippen LogP contribution in [-0.2, 0) is 32.5 Å². The highest BCUT2D eigenvalue weighted by Gasteiger charge is 2.16. The molecule has 7 heteroatoms. The molecule has 3 rings (SSSR count). The van der Waals surface area contributed by atoms with Gasteiger partial charge in [-0.25, -0.2) is 0 Å². The van der Waals surface area contributed by atoms with Crippen molar-refractivity contribution in [2.24, 2.45) is 10.9 Å². The monoisotopic (exact) mass is 539 g/mol. The van der Waals surface area contributed by atoms with Gasteiger partial charge in [0, 0.05) is 38.7 Å². The first-order chi connectivity index (χ1) is 14.6. The van der Waals surface area contributed by atoms with Crippen molar-refractivity contribution in [3.8, 4) is 0 Å². The number of nitrogens with one attached hydrogen (secondary N) is 2. The van der Waals surface area contributed by atoms with Crippen molar-refractivity contribution in [1.29, 1.82) is 0 Å². The first kappa shape index (κ1) is 25.6. The molecular formula is C24H38IN5O. The van der Waals surface area contributed by atoms with Gasteiger partial charge in [-0.05, 0) is 49.4 Å². The van der Waals surface area contributed by atoms with E-state index in [0.29, 0.717) is 6.54 Å². The molecule has 2 aromatic rings. The number of halogens is 1. The maximum Gasteiger partial charge on any atom is 0.191 e. The van der Waals surface area contributed by atoms with E-state index in [1.54, 1.807) is 7.05 Å². The van der Waals surface area contributed by atoms with E-state index in [9.17, 15) is 0 Å². The summed E-state index contributed by atoms with van der Waals surface area (Å²) in [4.78, 5) is 6.94. The van der Waals surface area contributed by atoms with Crippen molar-refractivity contribution >= 4 is 29.9 Å². The number of aryl methyl sites for hydroxylation is 2. The molecule has 0 radical (unpaired) electrons. The van der Waals surface area contributed by atoms with E-state index in [1.165, 1.54) is 37.1 Å². The fourth-order valence-corrected chi connectivity index (χ4v) is 4.03. The minimum atomic E-state index is 0. The maximum atomic E-state index is 5.46. The summed E-state index contributed by atoms with van der Waals surface area (Å²) in [5, 5.41) is 11.0. The zero-order valence-electron chi connectivity index (χ0n) is 19.4. The van der Waals surface area contributed by atoms with Crippen molar-refractivity contribution < 1.29 is 4.52 Å². The molecule has 0 amide bonds. The lowest BCUT2D eigenvalue weighted by molar-refractivity contribution is 0.185. The molecule has 1 aliphatic heterocycles. The average molecular weight is 540 g/mol. The van der Waals surface area contributed by atoms with Gasteiger partial charge in [-0.15, -0.1) is 24.0 Å². The third-order valence-electron chi connectivity index (χ3n) is 6.00. The number of hydrogen-bond donors (Lipinski definition) is 2. The lowest BCUT2D eigenvalue weighted by atomic mass is 9.98. The molecule has 31 heavy (non-hydrogen) atoms. The highest BCUT2D eigenvalue weighted by atomic mass is 127. The van der Waals surface area contributed by atoms with Crippen molar-refractivity contribution in [2.75, 3.05) is 20.1 Å². The number of likely N-dealkylation sites (tertiary alicyclic amines) is 1. The molecule has 1 aliphatic rings. The van der Waals surface area contributed by atoms with E-state index in [-0.39, 0.29) is 24.0 Å². The van der Waals surface area contributed by atoms with E-state index in [4.69, 9.17) is 4.52 Å². The van der Waals surface area contributed by atoms with Crippen LogP contribution in [-0.4, -0.2) is 36.2 Å². The molecule has 172 valence electrons. The van der Waals surface area contributed by atoms with Gasteiger partial charge in [0.05, 0.1) is 5.69 Å². The van der Waals surface area contributed by atoms with Gasteiger partial charge in [-0.1, -0.05) is 50.2 Å². The Kier molecular flexibility index (Phi) is 10.8. The quantitative estimate of drug-likeness (QED) is 0.294. The Morgan fingerprint density at radius 2 is 1.84 bits per heavy atom. The molecule has 2 N–H and O–H groups in total. The summed E-state index contributed by atoms with van der Waals surface area (Å²) in [6, 6.07) is 8.88. The Labute approximate surface area is 204 Å². The fraction of sp³-hybridized carbons (Fsp3) is 0.583. The number of rotatable bonds is 8. The van der Waals surface area contributed by atoms with Crippen LogP contribution in [0.1, 0.15) is 61.8 Å². The molecule has 0 bridgehead atoms. The summed E-state index contributed by atoms with van der Waals surface area (Å²) in [5.74, 6) is 2.61. The third kappa shape index (κ3) is 7.49. The number of benzene rings is 1. The number of hydrogen-bond acceptors (Lipinski definition) is 4. The third-order valence-corrected chi connectivity index (χ3v) is 6.00. The van der Waals surface area contributed by atoms with Crippen LogP contribution in [0, 0.1) is 5.92 Å². The van der Waals surface area contributed by atoms with Gasteiger partial charge in [0.2, 0.25) is 0 Å². The van der Waals surface area contributed by atoms with Gasteiger partial charge in [0.1, 0.15) is 5.76 Å². The predicted molar refractivity (Wildman–Crippen MR) is 138 cm³/mol. The minimum absolute atomic E-state index is 0. The lowest BCUT2D eigenvalue weighted by Crippen LogP contribution is -2.36. The second-order valence-electron chi connectivity index (χ2n) is 8.30. The van der Waals surface area contributed by atoms with Gasteiger partial charge in [-0.2, -0.15) is 0 Å². The Balaban J connectivity index is 0.00000341. The van der Waals surface area contributed by atoms with Gasteiger partial charge in [-0.3, -0.25) is 9.89 Å². The molecule has 0 unspecified atom stereocenters. The number of guanidine groups is 1. The first-order valence-corrected chi connectivity index (χ1v) is 11.3. The fourth-order valence-electron chi connectivity index (χ4n) is 4.03. The summed E-state index contributed by atoms with van der Waals surface area (Å²) in [6.07, 6.45) is 4.35. The molecular weight excluding hydrogens is 501 g/mol. The molecule has 2 heterocycles. The molecule has 0 spiro atoms. The molecule has 0 atom stereocenters. The van der Waals surface area contributed by atoms with E-state index in [0.717, 1.165) is 54.8 Å². The second-order valence-corrected chi connectivity index (χ2v) is 8.30. The van der Waals surface area contributed by atoms with E-state index >= 15 is 0 Å². The number of aliphatic imine (C=N–C) groups is 1. The number of nitrogens with zero attached hydrogens (tertiary/aromatic N) is 3. The topological polar surface area (TPSA) is 65.7 Å². The standard InChI is InChI=1S/C24H37N5O.HI/c1-5-22-21(23(6-2)30-28-22)16-27-24(25-4)26-15-19-8-7-9-20(14-19)17-29-12-10-18(3)11-13-29;/h7-9,14,18H,5-6,10-13,15-17H2,1-4H3,(H2,25,26,27);1H. The molecule has 1 aromatic carbocycles. The maximum absolute atomic E-state index is 5.46. The number of piperidine rings is 1. The molecule has 1 saturated heterocycles. The van der Waals surface area contributed by atoms with Gasteiger partial charge >= 0.3 is 0 Å². The van der Waals surface area contributed by atoms with Crippen LogP contribution < -0.4 is 10.6 Å². The molecule has 6 nitrogen and oxygen atoms in total.